The van der Waals surface area contributed by atoms with Crippen LogP contribution in [-0.4, -0.2) is 0 Å². The number of aromatic nitrogens is 1. The summed E-state index contributed by atoms with van der Waals surface area (Å²) in [5.74, 6) is 0. The summed E-state index contributed by atoms with van der Waals surface area (Å²) in [6.07, 6.45) is 3.85. The molecule has 0 amide bonds. The highest BCUT2D eigenvalue weighted by Gasteiger charge is 2.05. The molecular weight excluding hydrogens is 160 g/mol. The van der Waals surface area contributed by atoms with Crippen LogP contribution in [0, 0.1) is 11.3 Å². The van der Waals surface area contributed by atoms with Gasteiger partial charge in [-0.3, -0.25) is 0 Å². The number of aryl methyl sites for hydroxylation is 1. The van der Waals surface area contributed by atoms with Crippen LogP contribution in [-0.2, 0) is 7.05 Å². The fourth-order valence-corrected chi connectivity index (χ4v) is 1.47. The summed E-state index contributed by atoms with van der Waals surface area (Å²) in [6.45, 7) is 0. The first-order valence-electron chi connectivity index (χ1n) is 4.09. The second-order valence-corrected chi connectivity index (χ2v) is 3.04. The van der Waals surface area contributed by atoms with Gasteiger partial charge in [-0.25, -0.2) is 4.57 Å². The molecule has 2 rings (SSSR count). The number of fused-ring (bicyclic) bond motifs is 1. The van der Waals surface area contributed by atoms with Gasteiger partial charge in [-0.2, -0.15) is 5.26 Å². The van der Waals surface area contributed by atoms with Crippen LogP contribution in [0.5, 0.6) is 0 Å². The van der Waals surface area contributed by atoms with E-state index in [2.05, 4.69) is 6.07 Å². The Kier molecular flexibility index (Phi) is 1.71. The minimum absolute atomic E-state index is 0.723. The number of hydrogen-bond acceptors (Lipinski definition) is 1. The molecule has 0 saturated heterocycles. The summed E-state index contributed by atoms with van der Waals surface area (Å²) in [5.41, 5.74) is 0.723. The van der Waals surface area contributed by atoms with Gasteiger partial charge in [0, 0.05) is 10.8 Å². The minimum Gasteiger partial charge on any atom is -0.206 e. The third kappa shape index (κ3) is 1.25. The number of benzene rings is 1. The molecule has 0 aliphatic carbocycles. The highest BCUT2D eigenvalue weighted by molar-refractivity contribution is 5.85. The molecule has 0 atom stereocenters. The first kappa shape index (κ1) is 7.75. The van der Waals surface area contributed by atoms with Crippen molar-refractivity contribution in [3.8, 4) is 6.07 Å². The van der Waals surface area contributed by atoms with Gasteiger partial charge in [-0.1, -0.05) is 18.2 Å². The van der Waals surface area contributed by atoms with E-state index in [1.165, 1.54) is 0 Å². The topological polar surface area (TPSA) is 27.7 Å². The van der Waals surface area contributed by atoms with Crippen molar-refractivity contribution < 1.29 is 4.57 Å². The summed E-state index contributed by atoms with van der Waals surface area (Å²) in [4.78, 5) is 0. The molecule has 0 unspecified atom stereocenters. The number of pyridine rings is 1. The van der Waals surface area contributed by atoms with Crippen LogP contribution in [0.15, 0.2) is 36.7 Å². The third-order valence-electron chi connectivity index (χ3n) is 2.05. The molecule has 62 valence electrons. The van der Waals surface area contributed by atoms with Crippen LogP contribution in [0.2, 0.25) is 0 Å². The van der Waals surface area contributed by atoms with Crippen molar-refractivity contribution >= 4 is 10.8 Å². The van der Waals surface area contributed by atoms with E-state index in [0.29, 0.717) is 0 Å². The number of hydrogen-bond donors (Lipinski definition) is 0. The Labute approximate surface area is 76.7 Å². The molecule has 0 bridgehead atoms. The molecule has 0 spiro atoms. The quantitative estimate of drug-likeness (QED) is 0.550. The smallest absolute Gasteiger partial charge is 0.187 e. The van der Waals surface area contributed by atoms with Gasteiger partial charge in [0.2, 0.25) is 0 Å². The molecule has 0 aliphatic rings. The van der Waals surface area contributed by atoms with E-state index in [0.717, 1.165) is 16.3 Å². The van der Waals surface area contributed by atoms with Crippen LogP contribution >= 0.6 is 0 Å². The predicted octanol–water partition coefficient (Wildman–Crippen LogP) is 1.54. The Balaban J connectivity index is 2.91. The molecule has 0 N–H and O–H groups in total. The lowest BCUT2D eigenvalue weighted by Gasteiger charge is -1.96. The van der Waals surface area contributed by atoms with Gasteiger partial charge in [-0.15, -0.1) is 0 Å². The van der Waals surface area contributed by atoms with Gasteiger partial charge in [0.25, 0.3) is 0 Å². The molecule has 1 aromatic carbocycles. The van der Waals surface area contributed by atoms with Gasteiger partial charge in [0.05, 0.1) is 0 Å². The molecular formula is C11H9N2+. The van der Waals surface area contributed by atoms with Gasteiger partial charge < -0.3 is 0 Å². The van der Waals surface area contributed by atoms with Gasteiger partial charge in [-0.05, 0) is 6.07 Å². The van der Waals surface area contributed by atoms with E-state index >= 15 is 0 Å². The minimum atomic E-state index is 0.723. The van der Waals surface area contributed by atoms with Gasteiger partial charge in [0.1, 0.15) is 18.7 Å². The lowest BCUT2D eigenvalue weighted by atomic mass is 10.1. The second kappa shape index (κ2) is 2.87. The molecule has 0 saturated carbocycles. The van der Waals surface area contributed by atoms with Crippen LogP contribution < -0.4 is 4.57 Å². The first-order chi connectivity index (χ1) is 6.31. The normalized spacial score (nSPS) is 9.85. The summed E-state index contributed by atoms with van der Waals surface area (Å²) in [6, 6.07) is 10.1. The van der Waals surface area contributed by atoms with E-state index in [9.17, 15) is 0 Å². The molecule has 0 radical (unpaired) electrons. The maximum atomic E-state index is 8.90. The van der Waals surface area contributed by atoms with Crippen molar-refractivity contribution in [2.75, 3.05) is 0 Å². The van der Waals surface area contributed by atoms with E-state index in [1.807, 2.05) is 48.3 Å². The van der Waals surface area contributed by atoms with Crippen molar-refractivity contribution in [1.82, 2.24) is 0 Å². The number of nitriles is 1. The largest absolute Gasteiger partial charge is 0.206 e. The Morgan fingerprint density at radius 1 is 1.23 bits per heavy atom. The highest BCUT2D eigenvalue weighted by Crippen LogP contribution is 2.14. The van der Waals surface area contributed by atoms with E-state index in [-0.39, 0.29) is 0 Å². The second-order valence-electron chi connectivity index (χ2n) is 3.04. The fourth-order valence-electron chi connectivity index (χ4n) is 1.47. The zero-order chi connectivity index (χ0) is 9.26. The zero-order valence-electron chi connectivity index (χ0n) is 7.36. The summed E-state index contributed by atoms with van der Waals surface area (Å²) < 4.78 is 1.90. The molecule has 0 fully saturated rings. The van der Waals surface area contributed by atoms with Crippen LogP contribution in [0.1, 0.15) is 5.56 Å². The van der Waals surface area contributed by atoms with E-state index in [1.54, 1.807) is 0 Å². The van der Waals surface area contributed by atoms with Crippen molar-refractivity contribution in [2.45, 2.75) is 0 Å². The van der Waals surface area contributed by atoms with Gasteiger partial charge in [0.15, 0.2) is 12.4 Å². The van der Waals surface area contributed by atoms with Crippen LogP contribution in [0.4, 0.5) is 0 Å². The van der Waals surface area contributed by atoms with Crippen LogP contribution in [0.25, 0.3) is 10.8 Å². The molecule has 2 heteroatoms. The lowest BCUT2D eigenvalue weighted by Crippen LogP contribution is -2.27. The Morgan fingerprint density at radius 2 is 2.00 bits per heavy atom. The molecule has 13 heavy (non-hydrogen) atoms. The number of nitrogens with zero attached hydrogens (tertiary/aromatic N) is 2. The van der Waals surface area contributed by atoms with Crippen LogP contribution in [0.3, 0.4) is 0 Å². The average molecular weight is 169 g/mol. The van der Waals surface area contributed by atoms with E-state index in [4.69, 9.17) is 5.26 Å². The Morgan fingerprint density at radius 3 is 2.77 bits per heavy atom. The zero-order valence-corrected chi connectivity index (χ0v) is 7.36. The monoisotopic (exact) mass is 169 g/mol. The molecule has 0 aliphatic heterocycles. The SMILES string of the molecule is C[n+]1cc(C#N)c2ccccc2c1. The Bertz CT molecular complexity index is 495. The maximum absolute atomic E-state index is 8.90. The first-order valence-corrected chi connectivity index (χ1v) is 4.09. The predicted molar refractivity (Wildman–Crippen MR) is 49.8 cm³/mol. The molecule has 2 aromatic rings. The average Bonchev–Trinajstić information content (AvgIpc) is 2.16. The van der Waals surface area contributed by atoms with Crippen molar-refractivity contribution in [2.24, 2.45) is 7.05 Å². The lowest BCUT2D eigenvalue weighted by molar-refractivity contribution is -0.670. The summed E-state index contributed by atoms with van der Waals surface area (Å²) in [7, 11) is 1.92. The van der Waals surface area contributed by atoms with Gasteiger partial charge >= 0.3 is 0 Å². The highest BCUT2D eigenvalue weighted by atomic mass is 14.9. The maximum Gasteiger partial charge on any atom is 0.187 e. The standard InChI is InChI=1S/C11H9N2/c1-13-7-9-4-2-3-5-11(9)10(6-12)8-13/h2-5,7-8H,1H3/q+1. The Hall–Kier alpha value is -1.88. The summed E-state index contributed by atoms with van der Waals surface area (Å²) in [5, 5.41) is 11.0. The molecule has 2 nitrogen and oxygen atoms in total. The summed E-state index contributed by atoms with van der Waals surface area (Å²) >= 11 is 0. The molecule has 1 aromatic heterocycles. The number of rotatable bonds is 0. The van der Waals surface area contributed by atoms with Crippen molar-refractivity contribution in [3.05, 3.63) is 42.2 Å². The van der Waals surface area contributed by atoms with Crippen molar-refractivity contribution in [3.63, 3.8) is 0 Å². The third-order valence-corrected chi connectivity index (χ3v) is 2.05. The van der Waals surface area contributed by atoms with Crippen molar-refractivity contribution in [1.29, 1.82) is 5.26 Å². The fraction of sp³-hybridized carbons (Fsp3) is 0.0909. The molecule has 1 heterocycles. The van der Waals surface area contributed by atoms with E-state index < -0.39 is 0 Å².